The highest BCUT2D eigenvalue weighted by atomic mass is 35.5. The lowest BCUT2D eigenvalue weighted by molar-refractivity contribution is -0.123. The third-order valence-electron chi connectivity index (χ3n) is 6.01. The van der Waals surface area contributed by atoms with Gasteiger partial charge in [0.2, 0.25) is 0 Å². The van der Waals surface area contributed by atoms with Crippen molar-refractivity contribution in [2.75, 3.05) is 20.3 Å². The number of halogens is 1. The maximum atomic E-state index is 13.0. The molecule has 1 heterocycles. The number of carbonyl (C=O) groups is 3. The summed E-state index contributed by atoms with van der Waals surface area (Å²) in [5, 5.41) is 0.133. The van der Waals surface area contributed by atoms with Crippen LogP contribution in [0.25, 0.3) is 6.08 Å². The molecule has 9 heteroatoms. The Bertz CT molecular complexity index is 1430. The van der Waals surface area contributed by atoms with Crippen LogP contribution in [-0.4, -0.2) is 42.3 Å². The fourth-order valence-corrected chi connectivity index (χ4v) is 4.93. The molecule has 0 spiro atoms. The molecule has 0 aromatic heterocycles. The number of amides is 2. The molecule has 0 radical (unpaired) electrons. The largest absolute Gasteiger partial charge is 0.493 e. The molecule has 0 aliphatic carbocycles. The number of rotatable bonds is 9. The normalized spacial score (nSPS) is 14.3. The van der Waals surface area contributed by atoms with Crippen LogP contribution in [0.5, 0.6) is 17.2 Å². The first kappa shape index (κ1) is 28.3. The lowest BCUT2D eigenvalue weighted by Crippen LogP contribution is -2.32. The van der Waals surface area contributed by atoms with Crippen molar-refractivity contribution in [3.05, 3.63) is 92.8 Å². The number of hydrogen-bond donors (Lipinski definition) is 0. The van der Waals surface area contributed by atoms with Gasteiger partial charge in [0.15, 0.2) is 11.5 Å². The Hall–Kier alpha value is -3.75. The highest BCUT2D eigenvalue weighted by Gasteiger charge is 2.35. The minimum Gasteiger partial charge on any atom is -0.493 e. The van der Waals surface area contributed by atoms with Crippen molar-refractivity contribution in [3.63, 3.8) is 0 Å². The molecule has 0 N–H and O–H groups in total. The van der Waals surface area contributed by atoms with Gasteiger partial charge in [-0.15, -0.1) is 0 Å². The zero-order valence-corrected chi connectivity index (χ0v) is 23.6. The minimum atomic E-state index is -0.586. The number of benzene rings is 3. The number of ether oxygens (including phenoxy) is 3. The quantitative estimate of drug-likeness (QED) is 0.155. The summed E-state index contributed by atoms with van der Waals surface area (Å²) in [5.41, 5.74) is 3.03. The van der Waals surface area contributed by atoms with Gasteiger partial charge in [0.25, 0.3) is 11.1 Å². The number of carbonyl (C=O) groups excluding carboxylic acids is 3. The molecule has 1 saturated heterocycles. The molecular formula is C30H28ClNO6S. The standard InChI is InChI=1S/C30H28ClNO6S/c1-18(2)23-11-5-19(3)15-25(23)37-14-13-32-28(33)27(39-30(32)35)17-20-6-12-24(36-4)26(16-20)38-29(34)21-7-9-22(31)10-8-21/h5-12,15-18H,13-14H2,1-4H3/b27-17-. The third-order valence-corrected chi connectivity index (χ3v) is 7.16. The van der Waals surface area contributed by atoms with Crippen molar-refractivity contribution >= 4 is 46.6 Å². The van der Waals surface area contributed by atoms with Gasteiger partial charge in [-0.3, -0.25) is 14.5 Å². The number of esters is 1. The van der Waals surface area contributed by atoms with Crippen LogP contribution in [0, 0.1) is 6.92 Å². The molecule has 1 aliphatic rings. The summed E-state index contributed by atoms with van der Waals surface area (Å²) in [6.45, 7) is 6.47. The van der Waals surface area contributed by atoms with E-state index in [9.17, 15) is 14.4 Å². The van der Waals surface area contributed by atoms with Gasteiger partial charge in [0.05, 0.1) is 24.1 Å². The fourth-order valence-electron chi connectivity index (χ4n) is 3.94. The Morgan fingerprint density at radius 1 is 1.00 bits per heavy atom. The maximum Gasteiger partial charge on any atom is 0.343 e. The Morgan fingerprint density at radius 2 is 1.74 bits per heavy atom. The van der Waals surface area contributed by atoms with Crippen molar-refractivity contribution in [2.24, 2.45) is 0 Å². The molecule has 0 saturated carbocycles. The Labute approximate surface area is 236 Å². The summed E-state index contributed by atoms with van der Waals surface area (Å²) in [4.78, 5) is 39.7. The molecule has 202 valence electrons. The topological polar surface area (TPSA) is 82.1 Å². The smallest absolute Gasteiger partial charge is 0.343 e. The molecule has 0 atom stereocenters. The summed E-state index contributed by atoms with van der Waals surface area (Å²) in [6.07, 6.45) is 1.59. The average molecular weight is 566 g/mol. The zero-order valence-electron chi connectivity index (χ0n) is 22.0. The molecule has 0 bridgehead atoms. The van der Waals surface area contributed by atoms with Crippen molar-refractivity contribution in [2.45, 2.75) is 26.7 Å². The van der Waals surface area contributed by atoms with Crippen LogP contribution in [0.4, 0.5) is 4.79 Å². The first-order valence-electron chi connectivity index (χ1n) is 12.3. The van der Waals surface area contributed by atoms with E-state index in [0.29, 0.717) is 21.9 Å². The van der Waals surface area contributed by atoms with Crippen LogP contribution in [0.1, 0.15) is 46.8 Å². The van der Waals surface area contributed by atoms with Gasteiger partial charge in [-0.25, -0.2) is 4.79 Å². The fraction of sp³-hybridized carbons (Fsp3) is 0.233. The SMILES string of the molecule is COc1ccc(/C=C2\SC(=O)N(CCOc3cc(C)ccc3C(C)C)C2=O)cc1OC(=O)c1ccc(Cl)cc1. The van der Waals surface area contributed by atoms with E-state index in [1.807, 2.05) is 25.1 Å². The number of imide groups is 1. The number of aryl methyl sites for hydroxylation is 1. The third kappa shape index (κ3) is 6.82. The van der Waals surface area contributed by atoms with E-state index in [1.54, 1.807) is 48.5 Å². The molecule has 4 rings (SSSR count). The van der Waals surface area contributed by atoms with Gasteiger partial charge in [-0.05, 0) is 89.8 Å². The van der Waals surface area contributed by atoms with E-state index in [0.717, 1.165) is 28.6 Å². The molecule has 39 heavy (non-hydrogen) atoms. The van der Waals surface area contributed by atoms with E-state index < -0.39 is 11.9 Å². The lowest BCUT2D eigenvalue weighted by atomic mass is 10.0. The number of hydrogen-bond acceptors (Lipinski definition) is 7. The molecule has 3 aromatic carbocycles. The summed E-state index contributed by atoms with van der Waals surface area (Å²) in [7, 11) is 1.46. The van der Waals surface area contributed by atoms with Crippen LogP contribution in [0.15, 0.2) is 65.6 Å². The van der Waals surface area contributed by atoms with Crippen molar-refractivity contribution in [3.8, 4) is 17.2 Å². The molecular weight excluding hydrogens is 538 g/mol. The van der Waals surface area contributed by atoms with E-state index in [4.69, 9.17) is 25.8 Å². The first-order chi connectivity index (χ1) is 18.7. The summed E-state index contributed by atoms with van der Waals surface area (Å²) < 4.78 is 16.8. The van der Waals surface area contributed by atoms with Crippen molar-refractivity contribution in [1.29, 1.82) is 0 Å². The van der Waals surface area contributed by atoms with Crippen molar-refractivity contribution in [1.82, 2.24) is 4.90 Å². The van der Waals surface area contributed by atoms with Gasteiger partial charge >= 0.3 is 5.97 Å². The second-order valence-electron chi connectivity index (χ2n) is 9.18. The molecule has 1 aliphatic heterocycles. The van der Waals surface area contributed by atoms with Gasteiger partial charge in [-0.2, -0.15) is 0 Å². The number of nitrogens with zero attached hydrogens (tertiary/aromatic N) is 1. The van der Waals surface area contributed by atoms with E-state index in [2.05, 4.69) is 13.8 Å². The summed E-state index contributed by atoms with van der Waals surface area (Å²) in [6, 6.07) is 17.3. The van der Waals surface area contributed by atoms with Crippen LogP contribution >= 0.6 is 23.4 Å². The Morgan fingerprint density at radius 3 is 2.44 bits per heavy atom. The molecule has 2 amide bonds. The minimum absolute atomic E-state index is 0.125. The van der Waals surface area contributed by atoms with E-state index >= 15 is 0 Å². The van der Waals surface area contributed by atoms with Gasteiger partial charge in [0.1, 0.15) is 12.4 Å². The first-order valence-corrected chi connectivity index (χ1v) is 13.5. The highest BCUT2D eigenvalue weighted by molar-refractivity contribution is 8.18. The molecule has 7 nitrogen and oxygen atoms in total. The number of thioether (sulfide) groups is 1. The Balaban J connectivity index is 1.46. The molecule has 3 aromatic rings. The predicted molar refractivity (Wildman–Crippen MR) is 153 cm³/mol. The Kier molecular flexibility index (Phi) is 8.99. The second kappa shape index (κ2) is 12.4. The van der Waals surface area contributed by atoms with Gasteiger partial charge in [0, 0.05) is 5.02 Å². The highest BCUT2D eigenvalue weighted by Crippen LogP contribution is 2.35. The van der Waals surface area contributed by atoms with Gasteiger partial charge < -0.3 is 14.2 Å². The maximum absolute atomic E-state index is 13.0. The second-order valence-corrected chi connectivity index (χ2v) is 10.6. The van der Waals surface area contributed by atoms with Crippen LogP contribution in [0.2, 0.25) is 5.02 Å². The predicted octanol–water partition coefficient (Wildman–Crippen LogP) is 7.11. The monoisotopic (exact) mass is 565 g/mol. The van der Waals surface area contributed by atoms with Crippen LogP contribution < -0.4 is 14.2 Å². The zero-order chi connectivity index (χ0) is 28.1. The van der Waals surface area contributed by atoms with E-state index in [1.165, 1.54) is 12.0 Å². The summed E-state index contributed by atoms with van der Waals surface area (Å²) in [5.74, 6) is 0.565. The van der Waals surface area contributed by atoms with Crippen LogP contribution in [0.3, 0.4) is 0 Å². The van der Waals surface area contributed by atoms with Gasteiger partial charge in [-0.1, -0.05) is 43.6 Å². The summed E-state index contributed by atoms with van der Waals surface area (Å²) >= 11 is 6.75. The lowest BCUT2D eigenvalue weighted by Gasteiger charge is -2.17. The molecule has 0 unspecified atom stereocenters. The number of methoxy groups -OCH3 is 1. The van der Waals surface area contributed by atoms with E-state index in [-0.39, 0.29) is 35.0 Å². The van der Waals surface area contributed by atoms with Crippen molar-refractivity contribution < 1.29 is 28.6 Å². The average Bonchev–Trinajstić information content (AvgIpc) is 3.16. The molecule has 1 fully saturated rings. The van der Waals surface area contributed by atoms with Crippen LogP contribution in [-0.2, 0) is 4.79 Å².